The van der Waals surface area contributed by atoms with Gasteiger partial charge in [-0.3, -0.25) is 19.2 Å². The van der Waals surface area contributed by atoms with Crippen molar-refractivity contribution in [3.05, 3.63) is 0 Å². The summed E-state index contributed by atoms with van der Waals surface area (Å²) >= 11 is 0. The van der Waals surface area contributed by atoms with Crippen molar-refractivity contribution in [2.45, 2.75) is 50.9 Å². The first-order valence-corrected chi connectivity index (χ1v) is 8.84. The van der Waals surface area contributed by atoms with Crippen molar-refractivity contribution in [1.29, 1.82) is 0 Å². The van der Waals surface area contributed by atoms with Gasteiger partial charge >= 0.3 is 5.97 Å². The summed E-state index contributed by atoms with van der Waals surface area (Å²) in [5.41, 5.74) is 10.7. The summed E-state index contributed by atoms with van der Waals surface area (Å²) in [6, 6.07) is -5.42. The van der Waals surface area contributed by atoms with Crippen LogP contribution < -0.4 is 27.4 Å². The van der Waals surface area contributed by atoms with Gasteiger partial charge in [0.1, 0.15) is 18.1 Å². The van der Waals surface area contributed by atoms with Gasteiger partial charge in [0.2, 0.25) is 23.6 Å². The molecule has 0 bridgehead atoms. The zero-order valence-electron chi connectivity index (χ0n) is 16.3. The van der Waals surface area contributed by atoms with Crippen LogP contribution in [0.15, 0.2) is 0 Å². The van der Waals surface area contributed by atoms with Gasteiger partial charge in [0, 0.05) is 6.42 Å². The first-order valence-electron chi connectivity index (χ1n) is 8.84. The number of carboxylic acid groups (broad SMARTS) is 1. The van der Waals surface area contributed by atoms with Gasteiger partial charge in [-0.15, -0.1) is 0 Å². The number of rotatable bonds is 13. The summed E-state index contributed by atoms with van der Waals surface area (Å²) in [7, 11) is 0. The van der Waals surface area contributed by atoms with Crippen LogP contribution in [-0.4, -0.2) is 82.3 Å². The summed E-state index contributed by atoms with van der Waals surface area (Å²) in [4.78, 5) is 58.6. The summed E-state index contributed by atoms with van der Waals surface area (Å²) < 4.78 is 0. The van der Waals surface area contributed by atoms with Gasteiger partial charge in [0.25, 0.3) is 0 Å². The number of hydrogen-bond donors (Lipinski definition) is 8. The lowest BCUT2D eigenvalue weighted by Crippen LogP contribution is -2.58. The third-order valence-electron chi connectivity index (χ3n) is 3.95. The number of primary amides is 1. The van der Waals surface area contributed by atoms with Crippen LogP contribution in [-0.2, 0) is 24.0 Å². The highest BCUT2D eigenvalue weighted by Crippen LogP contribution is 2.02. The molecule has 0 aliphatic carbocycles. The van der Waals surface area contributed by atoms with Crippen LogP contribution in [0.2, 0.25) is 0 Å². The topological polar surface area (TPSA) is 234 Å². The van der Waals surface area contributed by atoms with Crippen molar-refractivity contribution in [2.24, 2.45) is 17.4 Å². The van der Waals surface area contributed by atoms with Crippen LogP contribution in [0.4, 0.5) is 0 Å². The average molecular weight is 419 g/mol. The molecule has 0 radical (unpaired) electrons. The maximum absolute atomic E-state index is 12.4. The summed E-state index contributed by atoms with van der Waals surface area (Å²) in [5.74, 6) is -5.18. The van der Waals surface area contributed by atoms with Crippen LogP contribution in [0.3, 0.4) is 0 Å². The largest absolute Gasteiger partial charge is 0.480 e. The van der Waals surface area contributed by atoms with Crippen LogP contribution >= 0.6 is 0 Å². The quantitative estimate of drug-likeness (QED) is 0.144. The van der Waals surface area contributed by atoms with Crippen molar-refractivity contribution < 1.29 is 39.3 Å². The fourth-order valence-electron chi connectivity index (χ4n) is 2.05. The van der Waals surface area contributed by atoms with E-state index < -0.39 is 67.0 Å². The van der Waals surface area contributed by atoms with Crippen LogP contribution in [0.25, 0.3) is 0 Å². The van der Waals surface area contributed by atoms with Crippen molar-refractivity contribution >= 4 is 29.6 Å². The van der Waals surface area contributed by atoms with E-state index in [0.717, 1.165) is 0 Å². The Morgan fingerprint density at radius 3 is 1.69 bits per heavy atom. The third kappa shape index (κ3) is 9.32. The van der Waals surface area contributed by atoms with Crippen molar-refractivity contribution in [3.8, 4) is 0 Å². The first kappa shape index (κ1) is 26.2. The van der Waals surface area contributed by atoms with E-state index in [0.29, 0.717) is 0 Å². The summed E-state index contributed by atoms with van der Waals surface area (Å²) in [6.45, 7) is 1.66. The maximum Gasteiger partial charge on any atom is 0.328 e. The lowest BCUT2D eigenvalue weighted by atomic mass is 10.0. The molecule has 166 valence electrons. The molecule has 0 fully saturated rings. The molecule has 4 amide bonds. The normalized spacial score (nSPS) is 15.0. The SMILES string of the molecule is CC(C)C(N)C(=O)NC(CO)C(=O)NC(CCC(N)=O)C(=O)NC(CO)C(=O)O. The Bertz CT molecular complexity index is 612. The second kappa shape index (κ2) is 12.6. The predicted molar refractivity (Wildman–Crippen MR) is 98.8 cm³/mol. The number of aliphatic hydroxyl groups is 2. The number of nitrogens with two attached hydrogens (primary N) is 2. The molecule has 0 rings (SSSR count). The Labute approximate surface area is 167 Å². The molecule has 0 aliphatic heterocycles. The van der Waals surface area contributed by atoms with E-state index in [9.17, 15) is 29.1 Å². The highest BCUT2D eigenvalue weighted by molar-refractivity contribution is 5.94. The number of carbonyl (C=O) groups excluding carboxylic acids is 4. The van der Waals surface area contributed by atoms with Gasteiger partial charge in [0.15, 0.2) is 0 Å². The van der Waals surface area contributed by atoms with Gasteiger partial charge in [-0.1, -0.05) is 13.8 Å². The number of carboxylic acids is 1. The monoisotopic (exact) mass is 419 g/mol. The zero-order valence-corrected chi connectivity index (χ0v) is 16.3. The Balaban J connectivity index is 5.24. The van der Waals surface area contributed by atoms with Crippen molar-refractivity contribution in [2.75, 3.05) is 13.2 Å². The lowest BCUT2D eigenvalue weighted by Gasteiger charge is -2.24. The van der Waals surface area contributed by atoms with Gasteiger partial charge in [-0.2, -0.15) is 0 Å². The van der Waals surface area contributed by atoms with E-state index in [-0.39, 0.29) is 18.8 Å². The second-order valence-electron chi connectivity index (χ2n) is 6.66. The molecule has 4 atom stereocenters. The zero-order chi connectivity index (χ0) is 22.7. The van der Waals surface area contributed by atoms with Gasteiger partial charge in [-0.25, -0.2) is 4.79 Å². The molecule has 0 spiro atoms. The molecular formula is C16H29N5O8. The first-order chi connectivity index (χ1) is 13.4. The van der Waals surface area contributed by atoms with E-state index in [2.05, 4.69) is 10.6 Å². The Morgan fingerprint density at radius 1 is 0.828 bits per heavy atom. The van der Waals surface area contributed by atoms with Crippen LogP contribution in [0.5, 0.6) is 0 Å². The van der Waals surface area contributed by atoms with Gasteiger partial charge in [-0.05, 0) is 12.3 Å². The fourth-order valence-corrected chi connectivity index (χ4v) is 2.05. The number of hydrogen-bond acceptors (Lipinski definition) is 8. The molecule has 4 unspecified atom stereocenters. The minimum absolute atomic E-state index is 0.238. The molecule has 0 aromatic carbocycles. The standard InChI is InChI=1S/C16H29N5O8/c1-7(2)12(18)15(27)20-9(5-22)14(26)19-8(3-4-11(17)24)13(25)21-10(6-23)16(28)29/h7-10,12,22-23H,3-6,18H2,1-2H3,(H2,17,24)(H,19,26)(H,20,27)(H,21,25)(H,28,29). The maximum atomic E-state index is 12.4. The molecule has 0 heterocycles. The van der Waals surface area contributed by atoms with Crippen molar-refractivity contribution in [1.82, 2.24) is 16.0 Å². The molecule has 0 aliphatic rings. The van der Waals surface area contributed by atoms with Crippen LogP contribution in [0, 0.1) is 5.92 Å². The molecule has 0 saturated carbocycles. The molecule has 0 aromatic rings. The van der Waals surface area contributed by atoms with Crippen molar-refractivity contribution in [3.63, 3.8) is 0 Å². The number of carbonyl (C=O) groups is 5. The Hall–Kier alpha value is -2.77. The van der Waals surface area contributed by atoms with E-state index in [1.165, 1.54) is 0 Å². The van der Waals surface area contributed by atoms with Gasteiger partial charge < -0.3 is 42.7 Å². The number of aliphatic hydroxyl groups excluding tert-OH is 2. The average Bonchev–Trinajstić information content (AvgIpc) is 2.65. The van der Waals surface area contributed by atoms with E-state index >= 15 is 0 Å². The molecule has 10 N–H and O–H groups in total. The molecule has 13 heteroatoms. The summed E-state index contributed by atoms with van der Waals surface area (Å²) in [5, 5.41) is 33.7. The Morgan fingerprint density at radius 2 is 1.28 bits per heavy atom. The molecular weight excluding hydrogens is 390 g/mol. The number of nitrogens with one attached hydrogen (secondary N) is 3. The number of aliphatic carboxylic acids is 1. The molecule has 13 nitrogen and oxygen atoms in total. The molecule has 29 heavy (non-hydrogen) atoms. The second-order valence-corrected chi connectivity index (χ2v) is 6.66. The van der Waals surface area contributed by atoms with E-state index in [1.54, 1.807) is 13.8 Å². The minimum atomic E-state index is -1.63. The Kier molecular flexibility index (Phi) is 11.4. The molecule has 0 aromatic heterocycles. The van der Waals surface area contributed by atoms with E-state index in [1.807, 2.05) is 5.32 Å². The van der Waals surface area contributed by atoms with Crippen LogP contribution in [0.1, 0.15) is 26.7 Å². The predicted octanol–water partition coefficient (Wildman–Crippen LogP) is -4.24. The highest BCUT2D eigenvalue weighted by Gasteiger charge is 2.30. The number of amides is 4. The van der Waals surface area contributed by atoms with E-state index in [4.69, 9.17) is 21.7 Å². The summed E-state index contributed by atoms with van der Waals surface area (Å²) in [6.07, 6.45) is -0.591. The molecule has 0 saturated heterocycles. The fraction of sp³-hybridized carbons (Fsp3) is 0.688. The lowest BCUT2D eigenvalue weighted by molar-refractivity contribution is -0.143. The third-order valence-corrected chi connectivity index (χ3v) is 3.95. The van der Waals surface area contributed by atoms with Gasteiger partial charge in [0.05, 0.1) is 19.3 Å². The highest BCUT2D eigenvalue weighted by atomic mass is 16.4. The smallest absolute Gasteiger partial charge is 0.328 e. The minimum Gasteiger partial charge on any atom is -0.480 e.